The van der Waals surface area contributed by atoms with Crippen molar-refractivity contribution in [2.45, 2.75) is 50.7 Å². The highest BCUT2D eigenvalue weighted by molar-refractivity contribution is 7.99. The Morgan fingerprint density at radius 3 is 2.76 bits per heavy atom. The molecule has 0 radical (unpaired) electrons. The second-order valence-electron chi connectivity index (χ2n) is 8.15. The van der Waals surface area contributed by atoms with Crippen LogP contribution in [0.1, 0.15) is 36.0 Å². The Hall–Kier alpha value is -2.46. The first-order valence-corrected chi connectivity index (χ1v) is 12.6. The van der Waals surface area contributed by atoms with Crippen molar-refractivity contribution < 1.29 is 18.3 Å². The zero-order chi connectivity index (χ0) is 23.7. The Balaban J connectivity index is 1.30. The van der Waals surface area contributed by atoms with Gasteiger partial charge in [-0.1, -0.05) is 0 Å². The van der Waals surface area contributed by atoms with Gasteiger partial charge < -0.3 is 14.6 Å². The molecule has 6 nitrogen and oxygen atoms in total. The number of fused-ring (bicyclic) bond motifs is 1. The monoisotopic (exact) mass is 493 g/mol. The molecule has 4 rings (SSSR count). The number of rotatable bonds is 6. The summed E-state index contributed by atoms with van der Waals surface area (Å²) in [7, 11) is 0. The van der Waals surface area contributed by atoms with Crippen LogP contribution < -0.4 is 10.3 Å². The van der Waals surface area contributed by atoms with Gasteiger partial charge in [-0.2, -0.15) is 0 Å². The first-order valence-electron chi connectivity index (χ1n) is 10.7. The number of nitrogens with zero attached hydrogens (tertiary/aromatic N) is 2. The largest absolute Gasteiger partial charge is 0.487 e. The minimum Gasteiger partial charge on any atom is -0.487 e. The Kier molecular flexibility index (Phi) is 7.04. The van der Waals surface area contributed by atoms with Gasteiger partial charge in [-0.05, 0) is 38.5 Å². The molecule has 1 saturated heterocycles. The third kappa shape index (κ3) is 5.22. The number of likely N-dealkylation sites (tertiary alicyclic amines) is 1. The summed E-state index contributed by atoms with van der Waals surface area (Å²) in [6.07, 6.45) is 0.918. The first-order chi connectivity index (χ1) is 15.7. The van der Waals surface area contributed by atoms with Gasteiger partial charge in [0.25, 0.3) is 5.56 Å². The van der Waals surface area contributed by atoms with Crippen LogP contribution in [-0.2, 0) is 10.5 Å². The molecule has 0 aliphatic carbocycles. The normalized spacial score (nSPS) is 15.7. The van der Waals surface area contributed by atoms with Gasteiger partial charge >= 0.3 is 0 Å². The standard InChI is InChI=1S/C23H25F2N3O3S2/c1-12-13(2)33-22-20(12)21(29)26-19(27-22)11-32-14(3)23(30)28-8-6-16(7-9-28)31-18-5-4-15(24)10-17(18)25/h4-5,10,14,16H,6-9,11H2,1-3H3,(H,26,27,29). The SMILES string of the molecule is Cc1sc2nc(CSC(C)C(=O)N3CCC(Oc4ccc(F)cc4F)CC3)[nH]c(=O)c2c1C. The fraction of sp³-hybridized carbons (Fsp3) is 0.435. The number of amides is 1. The summed E-state index contributed by atoms with van der Waals surface area (Å²) in [4.78, 5) is 36.3. The maximum atomic E-state index is 13.8. The van der Waals surface area contributed by atoms with Crippen molar-refractivity contribution in [3.8, 4) is 5.75 Å². The van der Waals surface area contributed by atoms with Crippen molar-refractivity contribution in [2.75, 3.05) is 13.1 Å². The molecule has 1 amide bonds. The number of nitrogens with one attached hydrogen (secondary N) is 1. The fourth-order valence-corrected chi connectivity index (χ4v) is 5.73. The average Bonchev–Trinajstić information content (AvgIpc) is 3.07. The van der Waals surface area contributed by atoms with Crippen LogP contribution >= 0.6 is 23.1 Å². The number of piperidine rings is 1. The molecule has 1 atom stereocenters. The molecule has 1 unspecified atom stereocenters. The zero-order valence-electron chi connectivity index (χ0n) is 18.6. The van der Waals surface area contributed by atoms with Gasteiger partial charge in [0, 0.05) is 36.9 Å². The van der Waals surface area contributed by atoms with E-state index < -0.39 is 11.6 Å². The van der Waals surface area contributed by atoms with Gasteiger partial charge in [-0.25, -0.2) is 13.8 Å². The lowest BCUT2D eigenvalue weighted by Crippen LogP contribution is -2.44. The van der Waals surface area contributed by atoms with E-state index in [1.165, 1.54) is 29.2 Å². The van der Waals surface area contributed by atoms with Crippen molar-refractivity contribution >= 4 is 39.2 Å². The number of thiophene rings is 1. The second-order valence-corrected chi connectivity index (χ2v) is 10.7. The molecule has 1 aliphatic heterocycles. The lowest BCUT2D eigenvalue weighted by atomic mass is 10.1. The molecule has 0 spiro atoms. The van der Waals surface area contributed by atoms with Gasteiger partial charge in [-0.3, -0.25) is 9.59 Å². The Morgan fingerprint density at radius 1 is 1.33 bits per heavy atom. The van der Waals surface area contributed by atoms with Crippen molar-refractivity contribution in [1.29, 1.82) is 0 Å². The van der Waals surface area contributed by atoms with Gasteiger partial charge in [-0.15, -0.1) is 23.1 Å². The van der Waals surface area contributed by atoms with Crippen LogP contribution in [0.2, 0.25) is 0 Å². The number of aromatic nitrogens is 2. The van der Waals surface area contributed by atoms with Gasteiger partial charge in [0.15, 0.2) is 11.6 Å². The molecule has 1 aromatic carbocycles. The molecular weight excluding hydrogens is 468 g/mol. The van der Waals surface area contributed by atoms with Crippen LogP contribution in [0.4, 0.5) is 8.78 Å². The number of halogens is 2. The highest BCUT2D eigenvalue weighted by atomic mass is 32.2. The fourth-order valence-electron chi connectivity index (χ4n) is 3.84. The molecule has 3 heterocycles. The van der Waals surface area contributed by atoms with Gasteiger partial charge in [0.2, 0.25) is 5.91 Å². The summed E-state index contributed by atoms with van der Waals surface area (Å²) in [5, 5.41) is 0.339. The highest BCUT2D eigenvalue weighted by Crippen LogP contribution is 2.27. The number of H-pyrrole nitrogens is 1. The third-order valence-electron chi connectivity index (χ3n) is 5.85. The lowest BCUT2D eigenvalue weighted by Gasteiger charge is -2.33. The molecule has 3 aromatic rings. The van der Waals surface area contributed by atoms with Gasteiger partial charge in [0.1, 0.15) is 22.6 Å². The Labute approximate surface area is 198 Å². The quantitative estimate of drug-likeness (QED) is 0.545. The van der Waals surface area contributed by atoms with E-state index in [1.807, 2.05) is 20.8 Å². The predicted molar refractivity (Wildman–Crippen MR) is 127 cm³/mol. The zero-order valence-corrected chi connectivity index (χ0v) is 20.2. The highest BCUT2D eigenvalue weighted by Gasteiger charge is 2.28. The second kappa shape index (κ2) is 9.80. The number of aryl methyl sites for hydroxylation is 2. The topological polar surface area (TPSA) is 75.3 Å². The maximum absolute atomic E-state index is 13.8. The van der Waals surface area contributed by atoms with Crippen LogP contribution in [0.15, 0.2) is 23.0 Å². The maximum Gasteiger partial charge on any atom is 0.259 e. The molecule has 0 bridgehead atoms. The van der Waals surface area contributed by atoms with E-state index in [0.717, 1.165) is 27.4 Å². The minimum atomic E-state index is -0.726. The van der Waals surface area contributed by atoms with Crippen molar-refractivity contribution in [1.82, 2.24) is 14.9 Å². The third-order valence-corrected chi connectivity index (χ3v) is 8.09. The summed E-state index contributed by atoms with van der Waals surface area (Å²) in [6, 6.07) is 3.25. The average molecular weight is 494 g/mol. The number of ether oxygens (including phenoxy) is 1. The number of thioether (sulfide) groups is 1. The van der Waals surface area contributed by atoms with E-state index in [2.05, 4.69) is 9.97 Å². The summed E-state index contributed by atoms with van der Waals surface area (Å²) < 4.78 is 32.5. The van der Waals surface area contributed by atoms with E-state index in [9.17, 15) is 18.4 Å². The molecule has 2 aromatic heterocycles. The molecule has 1 fully saturated rings. The van der Waals surface area contributed by atoms with E-state index in [-0.39, 0.29) is 28.6 Å². The summed E-state index contributed by atoms with van der Waals surface area (Å²) in [5.41, 5.74) is 0.817. The number of aromatic amines is 1. The predicted octanol–water partition coefficient (Wildman–Crippen LogP) is 4.57. The number of carbonyl (C=O) groups is 1. The van der Waals surface area contributed by atoms with E-state index in [4.69, 9.17) is 4.74 Å². The Morgan fingerprint density at radius 2 is 2.06 bits per heavy atom. The van der Waals surface area contributed by atoms with Gasteiger partial charge in [0.05, 0.1) is 16.4 Å². The summed E-state index contributed by atoms with van der Waals surface area (Å²) in [6.45, 7) is 6.75. The summed E-state index contributed by atoms with van der Waals surface area (Å²) >= 11 is 2.93. The molecule has 0 saturated carbocycles. The van der Waals surface area contributed by atoms with Crippen molar-refractivity contribution in [3.63, 3.8) is 0 Å². The van der Waals surface area contributed by atoms with E-state index in [0.29, 0.717) is 42.9 Å². The Bertz CT molecular complexity index is 1240. The number of hydrogen-bond acceptors (Lipinski definition) is 6. The minimum absolute atomic E-state index is 0.0117. The van der Waals surface area contributed by atoms with Crippen LogP contribution in [0.5, 0.6) is 5.75 Å². The van der Waals surface area contributed by atoms with Crippen LogP contribution in [0.3, 0.4) is 0 Å². The molecule has 176 valence electrons. The van der Waals surface area contributed by atoms with Crippen molar-refractivity contribution in [3.05, 3.63) is 56.5 Å². The van der Waals surface area contributed by atoms with Crippen LogP contribution in [0, 0.1) is 25.5 Å². The number of hydrogen-bond donors (Lipinski definition) is 1. The smallest absolute Gasteiger partial charge is 0.259 e. The molecular formula is C23H25F2N3O3S2. The first kappa shape index (κ1) is 23.7. The van der Waals surface area contributed by atoms with E-state index >= 15 is 0 Å². The summed E-state index contributed by atoms with van der Waals surface area (Å²) in [5.74, 6) is -0.343. The molecule has 1 N–H and O–H groups in total. The molecule has 1 aliphatic rings. The molecule has 33 heavy (non-hydrogen) atoms. The lowest BCUT2D eigenvalue weighted by molar-refractivity contribution is -0.132. The number of benzene rings is 1. The van der Waals surface area contributed by atoms with E-state index in [1.54, 1.807) is 4.90 Å². The van der Waals surface area contributed by atoms with Crippen molar-refractivity contribution in [2.24, 2.45) is 0 Å². The molecule has 10 heteroatoms. The number of carbonyl (C=O) groups excluding carboxylic acids is 1. The van der Waals surface area contributed by atoms with Crippen LogP contribution in [-0.4, -0.2) is 45.2 Å². The van der Waals surface area contributed by atoms with Crippen LogP contribution in [0.25, 0.3) is 10.2 Å².